The second kappa shape index (κ2) is 11.9. The fourth-order valence-corrected chi connectivity index (χ4v) is 4.10. The summed E-state index contributed by atoms with van der Waals surface area (Å²) in [5, 5.41) is 13.1. The van der Waals surface area contributed by atoms with E-state index in [0.29, 0.717) is 39.9 Å². The number of rotatable bonds is 11. The van der Waals surface area contributed by atoms with E-state index in [1.807, 2.05) is 41.8 Å². The number of allylic oxidation sites excluding steroid dienone is 1. The van der Waals surface area contributed by atoms with Gasteiger partial charge in [0.05, 0.1) is 10.8 Å². The Balaban J connectivity index is 1.59. The second-order valence-corrected chi connectivity index (χ2v) is 8.74. The quantitative estimate of drug-likeness (QED) is 0.289. The summed E-state index contributed by atoms with van der Waals surface area (Å²) in [5.74, 6) is 1.25. The Morgan fingerprint density at radius 1 is 1.25 bits per heavy atom. The predicted octanol–water partition coefficient (Wildman–Crippen LogP) is 5.36. The van der Waals surface area contributed by atoms with Crippen LogP contribution in [-0.2, 0) is 17.8 Å². The number of carbonyl (C=O) groups excluding carboxylic acids is 1. The monoisotopic (exact) mass is 490 g/mol. The zero-order valence-corrected chi connectivity index (χ0v) is 20.0. The van der Waals surface area contributed by atoms with E-state index in [1.165, 1.54) is 17.3 Å². The average molecular weight is 491 g/mol. The molecule has 0 aliphatic carbocycles. The predicted molar refractivity (Wildman–Crippen MR) is 130 cm³/mol. The Morgan fingerprint density at radius 3 is 2.78 bits per heavy atom. The highest BCUT2D eigenvalue weighted by Crippen LogP contribution is 2.32. The normalized spacial score (nSPS) is 11.7. The molecule has 0 aliphatic rings. The van der Waals surface area contributed by atoms with E-state index in [1.54, 1.807) is 24.3 Å². The molecule has 0 aliphatic heterocycles. The summed E-state index contributed by atoms with van der Waals surface area (Å²) in [6.45, 7) is 6.73. The van der Waals surface area contributed by atoms with Crippen molar-refractivity contribution in [2.24, 2.45) is 0 Å². The van der Waals surface area contributed by atoms with Gasteiger partial charge in [-0.15, -0.1) is 16.8 Å². The Morgan fingerprint density at radius 2 is 2.03 bits per heavy atom. The minimum absolute atomic E-state index is 0.0596. The third kappa shape index (κ3) is 6.76. The number of nitrogens with zero attached hydrogens (tertiary/aromatic N) is 3. The van der Waals surface area contributed by atoms with Gasteiger partial charge in [0, 0.05) is 24.2 Å². The second-order valence-electron chi connectivity index (χ2n) is 6.95. The van der Waals surface area contributed by atoms with Crippen LogP contribution in [0.4, 0.5) is 0 Å². The van der Waals surface area contributed by atoms with Crippen LogP contribution in [0, 0.1) is 0 Å². The largest absolute Gasteiger partial charge is 0.481 e. The summed E-state index contributed by atoms with van der Waals surface area (Å²) in [5.41, 5.74) is 1.18. The van der Waals surface area contributed by atoms with Crippen LogP contribution >= 0.6 is 35.0 Å². The highest BCUT2D eigenvalue weighted by atomic mass is 35.5. The van der Waals surface area contributed by atoms with E-state index in [0.717, 1.165) is 6.42 Å². The summed E-state index contributed by atoms with van der Waals surface area (Å²) in [4.78, 5) is 12.3. The molecule has 0 spiro atoms. The standard InChI is InChI=1S/C23H24Cl2N4O2S/c1-3-13-29-22(16(2)31-20-14-18(24)9-10-19(20)25)27-28-23(29)32-15-21(30)26-12-11-17-7-5-4-6-8-17/h3-10,14,16H,1,11-13,15H2,2H3,(H,26,30). The van der Waals surface area contributed by atoms with Crippen molar-refractivity contribution in [1.82, 2.24) is 20.1 Å². The van der Waals surface area contributed by atoms with Gasteiger partial charge in [-0.2, -0.15) is 0 Å². The average Bonchev–Trinajstić information content (AvgIpc) is 3.18. The lowest BCUT2D eigenvalue weighted by atomic mass is 10.1. The maximum absolute atomic E-state index is 12.3. The van der Waals surface area contributed by atoms with Crippen molar-refractivity contribution in [3.8, 4) is 5.75 Å². The molecule has 168 valence electrons. The van der Waals surface area contributed by atoms with Gasteiger partial charge in [0.25, 0.3) is 0 Å². The first-order valence-electron chi connectivity index (χ1n) is 10.1. The van der Waals surface area contributed by atoms with E-state index < -0.39 is 6.10 Å². The van der Waals surface area contributed by atoms with Gasteiger partial charge in [-0.05, 0) is 31.0 Å². The van der Waals surface area contributed by atoms with Gasteiger partial charge >= 0.3 is 0 Å². The number of hydrogen-bond donors (Lipinski definition) is 1. The van der Waals surface area contributed by atoms with Gasteiger partial charge in [-0.1, -0.05) is 71.4 Å². The van der Waals surface area contributed by atoms with E-state index >= 15 is 0 Å². The third-order valence-corrected chi connectivity index (χ3v) is 6.04. The number of benzene rings is 2. The van der Waals surface area contributed by atoms with Crippen molar-refractivity contribution in [2.75, 3.05) is 12.3 Å². The maximum Gasteiger partial charge on any atom is 0.230 e. The van der Waals surface area contributed by atoms with E-state index in [2.05, 4.69) is 22.1 Å². The molecule has 2 aromatic carbocycles. The van der Waals surface area contributed by atoms with Gasteiger partial charge in [-0.3, -0.25) is 9.36 Å². The lowest BCUT2D eigenvalue weighted by Gasteiger charge is -2.16. The summed E-state index contributed by atoms with van der Waals surface area (Å²) in [6, 6.07) is 15.1. The molecule has 3 rings (SSSR count). The molecule has 3 aromatic rings. The number of ether oxygens (including phenoxy) is 1. The third-order valence-electron chi connectivity index (χ3n) is 4.53. The summed E-state index contributed by atoms with van der Waals surface area (Å²) < 4.78 is 7.84. The molecular formula is C23H24Cl2N4O2S. The molecule has 9 heteroatoms. The number of aromatic nitrogens is 3. The molecule has 32 heavy (non-hydrogen) atoms. The molecule has 1 heterocycles. The smallest absolute Gasteiger partial charge is 0.230 e. The number of halogens is 2. The Bertz CT molecular complexity index is 1060. The molecule has 1 N–H and O–H groups in total. The molecule has 0 saturated heterocycles. The van der Waals surface area contributed by atoms with Crippen molar-refractivity contribution in [3.05, 3.63) is 82.6 Å². The molecule has 1 atom stereocenters. The number of hydrogen-bond acceptors (Lipinski definition) is 5. The van der Waals surface area contributed by atoms with Crippen LogP contribution in [0.5, 0.6) is 5.75 Å². The van der Waals surface area contributed by atoms with Gasteiger partial charge in [0.2, 0.25) is 5.91 Å². The highest BCUT2D eigenvalue weighted by Gasteiger charge is 2.20. The van der Waals surface area contributed by atoms with Crippen LogP contribution < -0.4 is 10.1 Å². The molecule has 0 saturated carbocycles. The topological polar surface area (TPSA) is 69.0 Å². The van der Waals surface area contributed by atoms with E-state index in [-0.39, 0.29) is 11.7 Å². The Hall–Kier alpha value is -2.48. The summed E-state index contributed by atoms with van der Waals surface area (Å²) in [7, 11) is 0. The first-order valence-corrected chi connectivity index (χ1v) is 11.8. The van der Waals surface area contributed by atoms with Crippen molar-refractivity contribution in [2.45, 2.75) is 31.1 Å². The Kier molecular flexibility index (Phi) is 9.02. The molecule has 1 unspecified atom stereocenters. The molecule has 1 aromatic heterocycles. The minimum Gasteiger partial charge on any atom is -0.481 e. The van der Waals surface area contributed by atoms with Crippen LogP contribution in [-0.4, -0.2) is 33.0 Å². The number of amides is 1. The van der Waals surface area contributed by atoms with Crippen molar-refractivity contribution in [3.63, 3.8) is 0 Å². The van der Waals surface area contributed by atoms with Crippen molar-refractivity contribution in [1.29, 1.82) is 0 Å². The number of nitrogens with one attached hydrogen (secondary N) is 1. The fourth-order valence-electron chi connectivity index (χ4n) is 2.99. The number of thioether (sulfide) groups is 1. The minimum atomic E-state index is -0.438. The molecule has 1 amide bonds. The van der Waals surface area contributed by atoms with Gasteiger partial charge in [0.1, 0.15) is 5.75 Å². The molecule has 0 radical (unpaired) electrons. The SMILES string of the molecule is C=CCn1c(SCC(=O)NCCc2ccccc2)nnc1C(C)Oc1cc(Cl)ccc1Cl. The first kappa shape index (κ1) is 24.2. The van der Waals surface area contributed by atoms with E-state index in [9.17, 15) is 4.79 Å². The summed E-state index contributed by atoms with van der Waals surface area (Å²) in [6.07, 6.45) is 2.10. The zero-order valence-electron chi connectivity index (χ0n) is 17.6. The van der Waals surface area contributed by atoms with Crippen molar-refractivity contribution >= 4 is 40.9 Å². The first-order chi connectivity index (χ1) is 15.5. The van der Waals surface area contributed by atoms with Gasteiger partial charge in [0.15, 0.2) is 17.1 Å². The van der Waals surface area contributed by atoms with Crippen molar-refractivity contribution < 1.29 is 9.53 Å². The summed E-state index contributed by atoms with van der Waals surface area (Å²) >= 11 is 13.6. The lowest BCUT2D eigenvalue weighted by Crippen LogP contribution is -2.27. The molecule has 0 bridgehead atoms. The van der Waals surface area contributed by atoms with Gasteiger partial charge in [-0.25, -0.2) is 0 Å². The molecule has 6 nitrogen and oxygen atoms in total. The molecular weight excluding hydrogens is 467 g/mol. The van der Waals surface area contributed by atoms with Crippen LogP contribution in [0.1, 0.15) is 24.4 Å². The number of carbonyl (C=O) groups is 1. The van der Waals surface area contributed by atoms with Crippen LogP contribution in [0.15, 0.2) is 66.3 Å². The lowest BCUT2D eigenvalue weighted by molar-refractivity contribution is -0.118. The fraction of sp³-hybridized carbons (Fsp3) is 0.261. The van der Waals surface area contributed by atoms with Gasteiger partial charge < -0.3 is 10.1 Å². The zero-order chi connectivity index (χ0) is 22.9. The highest BCUT2D eigenvalue weighted by molar-refractivity contribution is 7.99. The van der Waals surface area contributed by atoms with Crippen LogP contribution in [0.2, 0.25) is 10.0 Å². The Labute approximate surface area is 202 Å². The van der Waals surface area contributed by atoms with E-state index in [4.69, 9.17) is 27.9 Å². The molecule has 0 fully saturated rings. The maximum atomic E-state index is 12.3. The van der Waals surface area contributed by atoms with Crippen LogP contribution in [0.25, 0.3) is 0 Å². The van der Waals surface area contributed by atoms with Crippen LogP contribution in [0.3, 0.4) is 0 Å².